The van der Waals surface area contributed by atoms with Gasteiger partial charge in [-0.25, -0.2) is 0 Å². The maximum atomic E-state index is 12.2. The van der Waals surface area contributed by atoms with E-state index in [0.29, 0.717) is 6.42 Å². The van der Waals surface area contributed by atoms with Gasteiger partial charge in [0, 0.05) is 6.42 Å². The van der Waals surface area contributed by atoms with Crippen molar-refractivity contribution in [3.05, 3.63) is 12.2 Å². The molecule has 0 aromatic heterocycles. The maximum Gasteiger partial charge on any atom is 0.220 e. The predicted molar refractivity (Wildman–Crippen MR) is 161 cm³/mol. The highest BCUT2D eigenvalue weighted by Gasteiger charge is 2.17. The summed E-state index contributed by atoms with van der Waals surface area (Å²) in [6.45, 7) is 4.28. The molecule has 1 amide bonds. The highest BCUT2D eigenvalue weighted by Crippen LogP contribution is 2.14. The van der Waals surface area contributed by atoms with Crippen LogP contribution in [0.4, 0.5) is 0 Å². The molecule has 0 saturated carbocycles. The lowest BCUT2D eigenvalue weighted by Gasteiger charge is -2.20. The van der Waals surface area contributed by atoms with E-state index in [4.69, 9.17) is 0 Å². The fourth-order valence-electron chi connectivity index (χ4n) is 4.94. The molecular formula is C33H65NO3. The second-order valence-corrected chi connectivity index (χ2v) is 11.2. The van der Waals surface area contributed by atoms with Gasteiger partial charge in [0.15, 0.2) is 0 Å². The summed E-state index contributed by atoms with van der Waals surface area (Å²) in [5.41, 5.74) is 0. The zero-order valence-corrected chi connectivity index (χ0v) is 25.0. The lowest BCUT2D eigenvalue weighted by Crippen LogP contribution is -2.45. The largest absolute Gasteiger partial charge is 0.394 e. The number of hydrogen-bond donors (Lipinski definition) is 3. The Morgan fingerprint density at radius 2 is 1.00 bits per heavy atom. The third-order valence-corrected chi connectivity index (χ3v) is 7.52. The average molecular weight is 524 g/mol. The summed E-state index contributed by atoms with van der Waals surface area (Å²) in [7, 11) is 0. The normalized spacial score (nSPS) is 13.3. The average Bonchev–Trinajstić information content (AvgIpc) is 2.90. The second-order valence-electron chi connectivity index (χ2n) is 11.2. The summed E-state index contributed by atoms with van der Waals surface area (Å²) in [6.07, 6.45) is 34.2. The minimum absolute atomic E-state index is 0.0663. The standard InChI is InChI=1S/C33H65NO3/c1-3-5-7-9-11-13-15-16-17-19-20-22-24-26-28-32(36)31(30-35)34-33(37)29-27-25-23-21-18-14-12-10-8-6-4-2/h26,28,31-32,35-36H,3-25,27,29-30H2,1-2H3,(H,34,37)/t31-,32+/m1/s1. The van der Waals surface area contributed by atoms with Crippen LogP contribution in [0.15, 0.2) is 12.2 Å². The Labute approximate surface area is 231 Å². The SMILES string of the molecule is CCCCCCCCCCCCCCC=C[C@H](O)[C@@H](CO)NC(=O)CCCCCCCCCCCCC. The van der Waals surface area contributed by atoms with Crippen molar-refractivity contribution in [2.45, 2.75) is 187 Å². The van der Waals surface area contributed by atoms with Gasteiger partial charge in [-0.3, -0.25) is 4.79 Å². The van der Waals surface area contributed by atoms with Crippen LogP contribution < -0.4 is 5.32 Å². The topological polar surface area (TPSA) is 69.6 Å². The summed E-state index contributed by atoms with van der Waals surface area (Å²) in [6, 6.07) is -0.613. The third-order valence-electron chi connectivity index (χ3n) is 7.52. The number of hydrogen-bond acceptors (Lipinski definition) is 3. The minimum Gasteiger partial charge on any atom is -0.394 e. The van der Waals surface area contributed by atoms with E-state index in [0.717, 1.165) is 25.7 Å². The maximum absolute atomic E-state index is 12.2. The number of nitrogens with one attached hydrogen (secondary N) is 1. The van der Waals surface area contributed by atoms with E-state index >= 15 is 0 Å². The van der Waals surface area contributed by atoms with Crippen molar-refractivity contribution in [3.8, 4) is 0 Å². The molecule has 0 unspecified atom stereocenters. The summed E-state index contributed by atoms with van der Waals surface area (Å²) in [4.78, 5) is 12.2. The Morgan fingerprint density at radius 3 is 1.41 bits per heavy atom. The lowest BCUT2D eigenvalue weighted by atomic mass is 10.0. The van der Waals surface area contributed by atoms with Crippen molar-refractivity contribution in [2.24, 2.45) is 0 Å². The number of carbonyl (C=O) groups excluding carboxylic acids is 1. The van der Waals surface area contributed by atoms with E-state index in [1.54, 1.807) is 6.08 Å². The molecule has 0 rings (SSSR count). The minimum atomic E-state index is -0.830. The highest BCUT2D eigenvalue weighted by molar-refractivity contribution is 5.76. The fraction of sp³-hybridized carbons (Fsp3) is 0.909. The van der Waals surface area contributed by atoms with Gasteiger partial charge in [0.05, 0.1) is 18.8 Å². The molecule has 0 radical (unpaired) electrons. The first kappa shape index (κ1) is 36.1. The van der Waals surface area contributed by atoms with Crippen LogP contribution in [0.3, 0.4) is 0 Å². The smallest absolute Gasteiger partial charge is 0.220 e. The van der Waals surface area contributed by atoms with E-state index in [2.05, 4.69) is 19.2 Å². The van der Waals surface area contributed by atoms with Crippen LogP contribution in [0.5, 0.6) is 0 Å². The Hall–Kier alpha value is -0.870. The molecule has 0 aliphatic carbocycles. The molecule has 0 spiro atoms. The van der Waals surface area contributed by atoms with Gasteiger partial charge in [0.1, 0.15) is 0 Å². The van der Waals surface area contributed by atoms with Crippen molar-refractivity contribution < 1.29 is 15.0 Å². The van der Waals surface area contributed by atoms with Crippen molar-refractivity contribution >= 4 is 5.91 Å². The number of unbranched alkanes of at least 4 members (excludes halogenated alkanes) is 22. The van der Waals surface area contributed by atoms with Gasteiger partial charge in [-0.15, -0.1) is 0 Å². The Bertz CT molecular complexity index is 494. The second kappa shape index (κ2) is 29.7. The van der Waals surface area contributed by atoms with Gasteiger partial charge in [0.25, 0.3) is 0 Å². The molecule has 220 valence electrons. The number of aliphatic hydroxyl groups is 2. The van der Waals surface area contributed by atoms with Gasteiger partial charge >= 0.3 is 0 Å². The number of amides is 1. The summed E-state index contributed by atoms with van der Waals surface area (Å²) in [5.74, 6) is -0.0663. The summed E-state index contributed by atoms with van der Waals surface area (Å²) < 4.78 is 0. The van der Waals surface area contributed by atoms with Crippen LogP contribution in [0, 0.1) is 0 Å². The Kier molecular flexibility index (Phi) is 29.0. The zero-order chi connectivity index (χ0) is 27.2. The van der Waals surface area contributed by atoms with Crippen LogP contribution in [-0.2, 0) is 4.79 Å². The predicted octanol–water partition coefficient (Wildman–Crippen LogP) is 9.17. The molecule has 0 aromatic rings. The molecular weight excluding hydrogens is 458 g/mol. The number of carbonyl (C=O) groups is 1. The van der Waals surface area contributed by atoms with Crippen molar-refractivity contribution in [2.75, 3.05) is 6.61 Å². The van der Waals surface area contributed by atoms with Crippen LogP contribution in [0.25, 0.3) is 0 Å². The molecule has 0 aliphatic rings. The molecule has 37 heavy (non-hydrogen) atoms. The van der Waals surface area contributed by atoms with Gasteiger partial charge in [0.2, 0.25) is 5.91 Å². The lowest BCUT2D eigenvalue weighted by molar-refractivity contribution is -0.123. The quantitative estimate of drug-likeness (QED) is 0.0676. The number of allylic oxidation sites excluding steroid dienone is 1. The molecule has 0 aliphatic heterocycles. The van der Waals surface area contributed by atoms with Crippen molar-refractivity contribution in [1.29, 1.82) is 0 Å². The van der Waals surface area contributed by atoms with Gasteiger partial charge in [-0.1, -0.05) is 161 Å². The van der Waals surface area contributed by atoms with E-state index < -0.39 is 12.1 Å². The Morgan fingerprint density at radius 1 is 0.622 bits per heavy atom. The first-order chi connectivity index (χ1) is 18.2. The van der Waals surface area contributed by atoms with E-state index in [9.17, 15) is 15.0 Å². The van der Waals surface area contributed by atoms with E-state index in [-0.39, 0.29) is 12.5 Å². The highest BCUT2D eigenvalue weighted by atomic mass is 16.3. The van der Waals surface area contributed by atoms with Gasteiger partial charge < -0.3 is 15.5 Å². The molecule has 0 bridgehead atoms. The van der Waals surface area contributed by atoms with Crippen LogP contribution in [0.1, 0.15) is 174 Å². The van der Waals surface area contributed by atoms with E-state index in [1.807, 2.05) is 6.08 Å². The zero-order valence-electron chi connectivity index (χ0n) is 25.0. The molecule has 0 aromatic carbocycles. The monoisotopic (exact) mass is 523 g/mol. The molecule has 2 atom stereocenters. The van der Waals surface area contributed by atoms with Crippen LogP contribution >= 0.6 is 0 Å². The third kappa shape index (κ3) is 26.5. The Balaban J connectivity index is 3.64. The molecule has 4 nitrogen and oxygen atoms in total. The van der Waals surface area contributed by atoms with Gasteiger partial charge in [-0.05, 0) is 19.3 Å². The van der Waals surface area contributed by atoms with E-state index in [1.165, 1.54) is 128 Å². The van der Waals surface area contributed by atoms with Crippen molar-refractivity contribution in [1.82, 2.24) is 5.32 Å². The molecule has 4 heteroatoms. The summed E-state index contributed by atoms with van der Waals surface area (Å²) >= 11 is 0. The molecule has 3 N–H and O–H groups in total. The molecule has 0 saturated heterocycles. The fourth-order valence-corrected chi connectivity index (χ4v) is 4.94. The van der Waals surface area contributed by atoms with Crippen molar-refractivity contribution in [3.63, 3.8) is 0 Å². The summed E-state index contributed by atoms with van der Waals surface area (Å²) in [5, 5.41) is 22.8. The first-order valence-corrected chi connectivity index (χ1v) is 16.4. The number of rotatable bonds is 29. The molecule has 0 heterocycles. The van der Waals surface area contributed by atoms with Crippen LogP contribution in [0.2, 0.25) is 0 Å². The van der Waals surface area contributed by atoms with Crippen LogP contribution in [-0.4, -0.2) is 34.9 Å². The first-order valence-electron chi connectivity index (χ1n) is 16.4. The van der Waals surface area contributed by atoms with Gasteiger partial charge in [-0.2, -0.15) is 0 Å². The molecule has 0 fully saturated rings. The number of aliphatic hydroxyl groups excluding tert-OH is 2.